The number of nitrogens with zero attached hydrogens (tertiary/aromatic N) is 12. The molecule has 0 aliphatic heterocycles. The van der Waals surface area contributed by atoms with Gasteiger partial charge in [0, 0.05) is 44.5 Å². The van der Waals surface area contributed by atoms with Crippen molar-refractivity contribution in [3.8, 4) is 180 Å². The fourth-order valence-corrected chi connectivity index (χ4v) is 15.2. The Kier molecular flexibility index (Phi) is 22.1. The molecule has 17 aromatic carbocycles. The molecule has 0 saturated heterocycles. The van der Waals surface area contributed by atoms with Crippen molar-refractivity contribution >= 4 is 10.8 Å². The molecule has 616 valence electrons. The van der Waals surface area contributed by atoms with E-state index in [1.165, 1.54) is 46.9 Å². The third-order valence-electron chi connectivity index (χ3n) is 21.4. The molecule has 21 aromatic rings. The van der Waals surface area contributed by atoms with E-state index >= 15 is 0 Å². The first kappa shape index (κ1) is 72.5. The van der Waals surface area contributed by atoms with Crippen molar-refractivity contribution in [3.63, 3.8) is 0 Å². The lowest BCUT2D eigenvalue weighted by Crippen LogP contribution is -2.00. The monoisotopic (exact) mass is 1670 g/mol. The third kappa shape index (κ3) is 20.5. The Hall–Kier alpha value is -17.0. The summed E-state index contributed by atoms with van der Waals surface area (Å²) in [6.45, 7) is 8.75. The number of aryl methyl sites for hydroxylation is 4. The summed E-state index contributed by atoms with van der Waals surface area (Å²) in [5, 5.41) is 2.50. The quantitative estimate of drug-likeness (QED) is 0.0904. The van der Waals surface area contributed by atoms with E-state index in [2.05, 4.69) is 345 Å². The van der Waals surface area contributed by atoms with Crippen LogP contribution in [0.1, 0.15) is 41.2 Å². The number of rotatable bonds is 16. The van der Waals surface area contributed by atoms with E-state index in [-0.39, 0.29) is 52.3 Å². The predicted molar refractivity (Wildman–Crippen MR) is 527 cm³/mol. The Morgan fingerprint density at radius 2 is 0.395 bits per heavy atom. The zero-order valence-electron chi connectivity index (χ0n) is 80.3. The van der Waals surface area contributed by atoms with Crippen LogP contribution in [0.25, 0.3) is 191 Å². The van der Waals surface area contributed by atoms with Gasteiger partial charge in [-0.2, -0.15) is 0 Å². The molecule has 0 fully saturated rings. The molecule has 0 bridgehead atoms. The molecule has 0 radical (unpaired) electrons. The molecular weight excluding hydrogens is 1570 g/mol. The third-order valence-corrected chi connectivity index (χ3v) is 21.4. The molecule has 0 aliphatic carbocycles. The minimum atomic E-state index is -0.544. The maximum atomic E-state index is 8.25. The maximum absolute atomic E-state index is 8.25. The van der Waals surface area contributed by atoms with Crippen LogP contribution in [0, 0.1) is 34.6 Å². The molecule has 0 aliphatic rings. The molecule has 21 rings (SSSR count). The fourth-order valence-electron chi connectivity index (χ4n) is 15.2. The van der Waals surface area contributed by atoms with Crippen molar-refractivity contribution in [2.24, 2.45) is 0 Å². The molecule has 129 heavy (non-hydrogen) atoms. The van der Waals surface area contributed by atoms with Gasteiger partial charge in [-0.25, -0.2) is 59.8 Å². The van der Waals surface area contributed by atoms with Crippen LogP contribution in [0.15, 0.2) is 443 Å². The van der Waals surface area contributed by atoms with Gasteiger partial charge in [-0.1, -0.05) is 388 Å². The van der Waals surface area contributed by atoms with Crippen LogP contribution in [0.4, 0.5) is 0 Å². The van der Waals surface area contributed by atoms with E-state index in [9.17, 15) is 0 Å². The normalized spacial score (nSPS) is 11.8. The van der Waals surface area contributed by atoms with Crippen LogP contribution in [0.2, 0.25) is 0 Å². The predicted octanol–water partition coefficient (Wildman–Crippen LogP) is 28.9. The molecule has 0 amide bonds. The largest absolute Gasteiger partial charge is 0.213 e. The van der Waals surface area contributed by atoms with Crippen molar-refractivity contribution in [3.05, 3.63) is 471 Å². The van der Waals surface area contributed by atoms with Crippen molar-refractivity contribution in [2.75, 3.05) is 0 Å². The summed E-state index contributed by atoms with van der Waals surface area (Å²) in [6.07, 6.45) is 0. The van der Waals surface area contributed by atoms with Gasteiger partial charge in [0.1, 0.15) is 23.3 Å². The number of aromatic nitrogens is 12. The summed E-state index contributed by atoms with van der Waals surface area (Å²) < 4.78 is 71.7. The minimum Gasteiger partial charge on any atom is -0.213 e. The van der Waals surface area contributed by atoms with Gasteiger partial charge >= 0.3 is 0 Å². The first-order valence-electron chi connectivity index (χ1n) is 46.8. The smallest absolute Gasteiger partial charge is 0.163 e. The Balaban J connectivity index is 0.000000124. The van der Waals surface area contributed by atoms with E-state index < -0.39 is 36.3 Å². The van der Waals surface area contributed by atoms with E-state index in [0.717, 1.165) is 100 Å². The molecule has 0 N–H and O–H groups in total. The molecule has 12 heteroatoms. The zero-order chi connectivity index (χ0) is 95.5. The van der Waals surface area contributed by atoms with Crippen molar-refractivity contribution in [1.29, 1.82) is 0 Å². The lowest BCUT2D eigenvalue weighted by Gasteiger charge is -2.13. The summed E-state index contributed by atoms with van der Waals surface area (Å²) in [6, 6.07) is 131. The Labute approximate surface area is 764 Å². The summed E-state index contributed by atoms with van der Waals surface area (Å²) in [7, 11) is 0. The first-order valence-corrected chi connectivity index (χ1v) is 42.3. The minimum absolute atomic E-state index is 0.0809. The highest BCUT2D eigenvalue weighted by molar-refractivity contribution is 5.97. The van der Waals surface area contributed by atoms with Crippen molar-refractivity contribution in [1.82, 2.24) is 59.8 Å². The Bertz CT molecular complexity index is 7540. The maximum Gasteiger partial charge on any atom is 0.163 e. The SMILES string of the molecule is Cc1nc(-c2cc(-c3ccccc3)cc(-c3ccccc3)c2)nc(-c2cc(-c3ccccc3)cc(-c3ccccc3)c2)n1.Cc1nc(-c2ccc(-c3ccccc3)cc2)nc(-c2cc(-c3ccccc3)cc(-c3ccccc3)c2)n1.Cc1nc(-c2ccccc2)nc(-c2ccc(-c3cccc4ccccc34)cc2)n1.[2H]c1c([2H])c([2H])c(-c2nc(C)nc(-c3c([2H])c([2H])c([2H])c(C)c3[2H])n2)c([2H])c1[2H]. The summed E-state index contributed by atoms with van der Waals surface area (Å²) >= 11 is 0. The number of hydrogen-bond acceptors (Lipinski definition) is 12. The van der Waals surface area contributed by atoms with Gasteiger partial charge < -0.3 is 0 Å². The average Bonchev–Trinajstić information content (AvgIpc) is 0.754. The lowest BCUT2D eigenvalue weighted by molar-refractivity contribution is 0.991. The van der Waals surface area contributed by atoms with E-state index in [1.807, 2.05) is 93.6 Å². The van der Waals surface area contributed by atoms with Gasteiger partial charge in [0.25, 0.3) is 0 Å². The number of benzene rings is 17. The van der Waals surface area contributed by atoms with Crippen LogP contribution in [0.5, 0.6) is 0 Å². The molecule has 0 atom stereocenters. The first-order chi connectivity index (χ1) is 67.2. The highest BCUT2D eigenvalue weighted by Gasteiger charge is 2.19. The molecular formula is C117H88N12. The van der Waals surface area contributed by atoms with Gasteiger partial charge in [0.15, 0.2) is 46.6 Å². The van der Waals surface area contributed by atoms with Crippen molar-refractivity contribution < 1.29 is 12.3 Å². The van der Waals surface area contributed by atoms with Gasteiger partial charge in [-0.3, -0.25) is 0 Å². The lowest BCUT2D eigenvalue weighted by atomic mass is 9.95. The molecule has 12 nitrogen and oxygen atoms in total. The Morgan fingerprint density at radius 3 is 0.736 bits per heavy atom. The van der Waals surface area contributed by atoms with Crippen LogP contribution in [0.3, 0.4) is 0 Å². The second-order valence-corrected chi connectivity index (χ2v) is 30.6. The van der Waals surface area contributed by atoms with E-state index in [4.69, 9.17) is 42.2 Å². The zero-order valence-corrected chi connectivity index (χ0v) is 71.3. The van der Waals surface area contributed by atoms with Crippen LogP contribution in [-0.4, -0.2) is 59.8 Å². The van der Waals surface area contributed by atoms with E-state index in [0.29, 0.717) is 52.4 Å². The molecule has 0 unspecified atom stereocenters. The number of hydrogen-bond donors (Lipinski definition) is 0. The van der Waals surface area contributed by atoms with Gasteiger partial charge in [0.2, 0.25) is 0 Å². The van der Waals surface area contributed by atoms with Crippen molar-refractivity contribution in [2.45, 2.75) is 34.6 Å². The molecule has 0 saturated carbocycles. The topological polar surface area (TPSA) is 155 Å². The van der Waals surface area contributed by atoms with E-state index in [1.54, 1.807) is 0 Å². The second kappa shape index (κ2) is 39.3. The summed E-state index contributed by atoms with van der Waals surface area (Å²) in [5.74, 6) is 5.96. The van der Waals surface area contributed by atoms with Crippen LogP contribution < -0.4 is 0 Å². The van der Waals surface area contributed by atoms with Crippen LogP contribution in [-0.2, 0) is 0 Å². The highest BCUT2D eigenvalue weighted by atomic mass is 15.1. The van der Waals surface area contributed by atoms with Gasteiger partial charge in [-0.15, -0.1) is 0 Å². The fraction of sp³-hybridized carbons (Fsp3) is 0.0427. The highest BCUT2D eigenvalue weighted by Crippen LogP contribution is 2.39. The second-order valence-electron chi connectivity index (χ2n) is 30.6. The molecule has 4 aromatic heterocycles. The number of fused-ring (bicyclic) bond motifs is 1. The molecule has 0 spiro atoms. The standard InChI is InChI=1S/C40H29N3.C34H25N3.C26H19N3.C17H15N3/c1-28-41-39(37-24-33(29-14-6-2-7-15-29)22-34(25-37)30-16-8-3-9-17-30)43-40(42-28)38-26-35(31-18-10-4-11-19-31)23-36(27-38)32-20-12-5-13-21-32;1-24-35-33(29-19-17-28(18-20-29)25-11-5-2-6-12-25)37-34(36-24)32-22-30(26-13-7-3-8-14-26)21-31(23-32)27-15-9-4-10-16-27;1-18-27-25(21-9-3-2-4-10-21)29-26(28-18)22-16-14-20(15-17-22)24-13-7-11-19-8-5-6-12-23(19)24;1-12-7-6-10-15(11-12)17-19-13(2)18-16(20-17)14-8-4-3-5-9-14/h2-27H,1H3;2-23H,1H3;2-17H,1H3;3-11H,1-2H3/i;;;3D,4D,5D,6D,7D,8D,9D,10D,11D. The summed E-state index contributed by atoms with van der Waals surface area (Å²) in [5.41, 5.74) is 24.1. The summed E-state index contributed by atoms with van der Waals surface area (Å²) in [4.78, 5) is 55.3. The van der Waals surface area contributed by atoms with Gasteiger partial charge in [-0.05, 0) is 195 Å². The molecule has 4 heterocycles. The van der Waals surface area contributed by atoms with Gasteiger partial charge in [0.05, 0.1) is 12.3 Å². The average molecular weight is 1670 g/mol. The van der Waals surface area contributed by atoms with Crippen LogP contribution >= 0.6 is 0 Å². The Morgan fingerprint density at radius 1 is 0.163 bits per heavy atom.